The van der Waals surface area contributed by atoms with Gasteiger partial charge in [0.25, 0.3) is 5.91 Å². The number of sulfone groups is 1. The molecule has 2 aromatic carbocycles. The maximum absolute atomic E-state index is 14.2. The van der Waals surface area contributed by atoms with Crippen molar-refractivity contribution >= 4 is 44.8 Å². The average molecular weight is 583 g/mol. The molecule has 4 atom stereocenters. The average Bonchev–Trinajstić information content (AvgIpc) is 3.37. The zero-order chi connectivity index (χ0) is 27.7. The first-order chi connectivity index (χ1) is 17.9. The van der Waals surface area contributed by atoms with Crippen molar-refractivity contribution in [1.29, 1.82) is 0 Å². The van der Waals surface area contributed by atoms with Gasteiger partial charge in [0.05, 0.1) is 16.5 Å². The van der Waals surface area contributed by atoms with Gasteiger partial charge in [-0.25, -0.2) is 14.0 Å². The Morgan fingerprint density at radius 2 is 1.79 bits per heavy atom. The molecule has 2 aliphatic heterocycles. The number of amides is 1. The summed E-state index contributed by atoms with van der Waals surface area (Å²) in [6.07, 6.45) is -0.960. The summed E-state index contributed by atoms with van der Waals surface area (Å²) in [5, 5.41) is 5.18. The first-order valence-electron chi connectivity index (χ1n) is 12.4. The van der Waals surface area contributed by atoms with E-state index < -0.39 is 38.9 Å². The summed E-state index contributed by atoms with van der Waals surface area (Å²) in [5.74, 6) is 0.00386. The second-order valence-electron chi connectivity index (χ2n) is 10.4. The normalized spacial score (nSPS) is 23.0. The number of hydrazine groups is 2. The highest BCUT2D eigenvalue weighted by atomic mass is 35.5. The molecule has 1 fully saturated rings. The summed E-state index contributed by atoms with van der Waals surface area (Å²) in [4.78, 5) is 15.9. The van der Waals surface area contributed by atoms with Crippen molar-refractivity contribution in [2.75, 3.05) is 5.75 Å². The second kappa shape index (κ2) is 11.4. The van der Waals surface area contributed by atoms with Crippen molar-refractivity contribution < 1.29 is 17.9 Å². The number of hydrogen-bond donors (Lipinski definition) is 3. The van der Waals surface area contributed by atoms with Gasteiger partial charge >= 0.3 is 0 Å². The maximum Gasteiger partial charge on any atom is 0.253 e. The van der Waals surface area contributed by atoms with Crippen molar-refractivity contribution in [2.45, 2.75) is 69.6 Å². The molecule has 2 aromatic rings. The predicted molar refractivity (Wildman–Crippen MR) is 149 cm³/mol. The summed E-state index contributed by atoms with van der Waals surface area (Å²) >= 11 is 12.6. The largest absolute Gasteiger partial charge is 0.357 e. The first-order valence-corrected chi connectivity index (χ1v) is 14.9. The molecule has 4 rings (SSSR count). The fourth-order valence-corrected chi connectivity index (χ4v) is 6.36. The lowest BCUT2D eigenvalue weighted by molar-refractivity contribution is -0.177. The topological polar surface area (TPSA) is 112 Å². The lowest BCUT2D eigenvalue weighted by Crippen LogP contribution is -2.57. The number of benzene rings is 2. The van der Waals surface area contributed by atoms with Gasteiger partial charge in [-0.2, -0.15) is 0 Å². The Labute approximate surface area is 233 Å². The van der Waals surface area contributed by atoms with E-state index in [9.17, 15) is 13.2 Å². The van der Waals surface area contributed by atoms with Crippen LogP contribution in [-0.2, 0) is 19.4 Å². The summed E-state index contributed by atoms with van der Waals surface area (Å²) in [5.41, 5.74) is 9.67. The molecular weight excluding hydrogens is 549 g/mol. The Balaban J connectivity index is 1.86. The molecule has 1 amide bonds. The Kier molecular flexibility index (Phi) is 8.59. The van der Waals surface area contributed by atoms with Crippen LogP contribution < -0.4 is 16.5 Å². The van der Waals surface area contributed by atoms with Crippen LogP contribution in [-0.4, -0.2) is 47.7 Å². The van der Waals surface area contributed by atoms with E-state index in [-0.39, 0.29) is 18.1 Å². The molecule has 1 saturated heterocycles. The maximum atomic E-state index is 14.2. The third-order valence-electron chi connectivity index (χ3n) is 6.86. The fraction of sp³-hybridized carbons (Fsp3) is 0.462. The predicted octanol–water partition coefficient (Wildman–Crippen LogP) is 4.31. The number of nitrogens with one attached hydrogen (secondary N) is 3. The standard InChI is InChI=1S/C26H33Cl2N5O4S/c1-5-20(15-38(35,36)26(2,3)4)33-23(16-9-11-18(27)12-10-16)24(17-7-6-8-19(28)13-17)37-21(25(33)34)14-22-29-31-32-30-22/h6-13,20-21,23-24,31-32H,5,14-15H2,1-4H3,(H,29,30)/t20-,21-,23+,24+/m0/s1. The van der Waals surface area contributed by atoms with Crippen molar-refractivity contribution in [3.63, 3.8) is 0 Å². The number of carbonyl (C=O) groups excluding carboxylic acids is 1. The first kappa shape index (κ1) is 28.6. The number of ether oxygens (including phenoxy) is 1. The van der Waals surface area contributed by atoms with Crippen LogP contribution in [0.25, 0.3) is 0 Å². The molecule has 2 heterocycles. The molecule has 206 valence electrons. The highest BCUT2D eigenvalue weighted by molar-refractivity contribution is 7.92. The minimum Gasteiger partial charge on any atom is -0.357 e. The molecular formula is C26H33Cl2N5O4S. The third kappa shape index (κ3) is 6.10. The van der Waals surface area contributed by atoms with E-state index in [1.165, 1.54) is 0 Å². The highest BCUT2D eigenvalue weighted by Crippen LogP contribution is 2.45. The van der Waals surface area contributed by atoms with Gasteiger partial charge in [-0.05, 0) is 62.6 Å². The Morgan fingerprint density at radius 3 is 2.37 bits per heavy atom. The third-order valence-corrected chi connectivity index (χ3v) is 10.0. The van der Waals surface area contributed by atoms with Crippen LogP contribution in [0.15, 0.2) is 53.6 Å². The molecule has 38 heavy (non-hydrogen) atoms. The number of carbonyl (C=O) groups is 1. The Morgan fingerprint density at radius 1 is 1.08 bits per heavy atom. The van der Waals surface area contributed by atoms with Crippen LogP contribution >= 0.6 is 23.2 Å². The van der Waals surface area contributed by atoms with Crippen LogP contribution in [0.4, 0.5) is 0 Å². The van der Waals surface area contributed by atoms with Crippen LogP contribution in [0.2, 0.25) is 10.0 Å². The van der Waals surface area contributed by atoms with Crippen molar-refractivity contribution in [3.8, 4) is 0 Å². The number of amidine groups is 1. The Bertz CT molecular complexity index is 1300. The van der Waals surface area contributed by atoms with Gasteiger partial charge in [0.15, 0.2) is 9.84 Å². The lowest BCUT2D eigenvalue weighted by atomic mass is 9.89. The summed E-state index contributed by atoms with van der Waals surface area (Å²) in [6.45, 7) is 6.92. The summed E-state index contributed by atoms with van der Waals surface area (Å²) < 4.78 is 32.3. The molecule has 0 spiro atoms. The van der Waals surface area contributed by atoms with Gasteiger partial charge in [0.2, 0.25) is 0 Å². The SMILES string of the molecule is CC[C@@H](CS(=O)(=O)C(C)(C)C)N1C(=O)[C@H](CC2=NNNN2)O[C@H](c2cccc(Cl)c2)[C@H]1c1ccc(Cl)cc1. The molecule has 0 bridgehead atoms. The summed E-state index contributed by atoms with van der Waals surface area (Å²) in [7, 11) is -3.56. The van der Waals surface area contributed by atoms with E-state index in [1.807, 2.05) is 37.3 Å². The molecule has 2 aliphatic rings. The van der Waals surface area contributed by atoms with Gasteiger partial charge in [0.1, 0.15) is 18.0 Å². The van der Waals surface area contributed by atoms with Gasteiger partial charge < -0.3 is 9.64 Å². The van der Waals surface area contributed by atoms with E-state index >= 15 is 0 Å². The molecule has 0 aliphatic carbocycles. The van der Waals surface area contributed by atoms with Gasteiger partial charge in [0, 0.05) is 22.5 Å². The quantitative estimate of drug-likeness (QED) is 0.425. The molecule has 0 aromatic heterocycles. The highest BCUT2D eigenvalue weighted by Gasteiger charge is 2.48. The second-order valence-corrected chi connectivity index (χ2v) is 14.1. The number of hydrogen-bond acceptors (Lipinski definition) is 8. The zero-order valence-corrected chi connectivity index (χ0v) is 24.1. The van der Waals surface area contributed by atoms with E-state index in [0.717, 1.165) is 11.1 Å². The van der Waals surface area contributed by atoms with Gasteiger partial charge in [-0.15, -0.1) is 10.6 Å². The Hall–Kier alpha value is -2.37. The van der Waals surface area contributed by atoms with Crippen molar-refractivity contribution in [3.05, 3.63) is 69.7 Å². The number of hydrazone groups is 1. The minimum absolute atomic E-state index is 0.155. The molecule has 0 saturated carbocycles. The van der Waals surface area contributed by atoms with E-state index in [2.05, 4.69) is 21.6 Å². The number of halogens is 2. The van der Waals surface area contributed by atoms with Crippen molar-refractivity contribution in [1.82, 2.24) is 21.4 Å². The van der Waals surface area contributed by atoms with E-state index in [0.29, 0.717) is 22.3 Å². The molecule has 0 unspecified atom stereocenters. The fourth-order valence-electron chi connectivity index (χ4n) is 4.63. The minimum atomic E-state index is -3.56. The zero-order valence-electron chi connectivity index (χ0n) is 21.7. The van der Waals surface area contributed by atoms with Crippen LogP contribution in [0.5, 0.6) is 0 Å². The van der Waals surface area contributed by atoms with Gasteiger partial charge in [-0.3, -0.25) is 10.2 Å². The molecule has 0 radical (unpaired) electrons. The molecule has 12 heteroatoms. The number of rotatable bonds is 8. The van der Waals surface area contributed by atoms with Crippen molar-refractivity contribution in [2.24, 2.45) is 5.10 Å². The lowest BCUT2D eigenvalue weighted by Gasteiger charge is -2.48. The monoisotopic (exact) mass is 581 g/mol. The molecule has 3 N–H and O–H groups in total. The summed E-state index contributed by atoms with van der Waals surface area (Å²) in [6, 6.07) is 13.3. The smallest absolute Gasteiger partial charge is 0.253 e. The number of morpholine rings is 1. The van der Waals surface area contributed by atoms with Crippen LogP contribution in [0.3, 0.4) is 0 Å². The molecule has 9 nitrogen and oxygen atoms in total. The van der Waals surface area contributed by atoms with Crippen LogP contribution in [0, 0.1) is 0 Å². The van der Waals surface area contributed by atoms with E-state index in [1.54, 1.807) is 43.9 Å². The van der Waals surface area contributed by atoms with E-state index in [4.69, 9.17) is 27.9 Å². The number of nitrogens with zero attached hydrogens (tertiary/aromatic N) is 2. The van der Waals surface area contributed by atoms with Crippen LogP contribution in [0.1, 0.15) is 63.8 Å². The van der Waals surface area contributed by atoms with Gasteiger partial charge in [-0.1, -0.05) is 54.4 Å².